The van der Waals surface area contributed by atoms with Crippen LogP contribution in [0.1, 0.15) is 11.7 Å². The summed E-state index contributed by atoms with van der Waals surface area (Å²) in [6, 6.07) is 3.76. The molecule has 5 heteroatoms. The highest BCUT2D eigenvalue weighted by molar-refractivity contribution is 9.10. The molecule has 1 aromatic carbocycles. The summed E-state index contributed by atoms with van der Waals surface area (Å²) in [4.78, 5) is 10.6. The number of nitrogens with two attached hydrogens (primary N) is 1. The number of halogens is 2. The highest BCUT2D eigenvalue weighted by atomic mass is 79.9. The maximum atomic E-state index is 12.7. The van der Waals surface area contributed by atoms with Crippen molar-refractivity contribution in [2.24, 2.45) is 5.73 Å². The molecule has 70 valence electrons. The first-order chi connectivity index (χ1) is 6.02. The van der Waals surface area contributed by atoms with Crippen molar-refractivity contribution in [1.29, 1.82) is 0 Å². The van der Waals surface area contributed by atoms with Crippen molar-refractivity contribution in [3.05, 3.63) is 34.1 Å². The van der Waals surface area contributed by atoms with Crippen molar-refractivity contribution in [3.8, 4) is 0 Å². The lowest BCUT2D eigenvalue weighted by Crippen LogP contribution is -2.20. The number of carbonyl (C=O) groups is 1. The monoisotopic (exact) mass is 247 g/mol. The minimum absolute atomic E-state index is 0.185. The van der Waals surface area contributed by atoms with Crippen LogP contribution in [0.25, 0.3) is 0 Å². The van der Waals surface area contributed by atoms with E-state index in [-0.39, 0.29) is 10.0 Å². The molecule has 0 radical (unpaired) electrons. The molecule has 1 rings (SSSR count). The molecule has 1 amide bonds. The summed E-state index contributed by atoms with van der Waals surface area (Å²) in [5, 5.41) is 9.20. The maximum absolute atomic E-state index is 12.7. The molecular formula is C8H7BrFNO2. The van der Waals surface area contributed by atoms with Gasteiger partial charge in [-0.2, -0.15) is 0 Å². The van der Waals surface area contributed by atoms with Gasteiger partial charge in [0.2, 0.25) is 0 Å². The average Bonchev–Trinajstić information content (AvgIpc) is 2.08. The Morgan fingerprint density at radius 2 is 2.23 bits per heavy atom. The first-order valence-electron chi connectivity index (χ1n) is 3.44. The molecule has 3 N–H and O–H groups in total. The molecular weight excluding hydrogens is 241 g/mol. The SMILES string of the molecule is NC(=O)C(O)c1ccc(F)c(Br)c1. The number of hydrogen-bond donors (Lipinski definition) is 2. The van der Waals surface area contributed by atoms with E-state index in [0.29, 0.717) is 0 Å². The van der Waals surface area contributed by atoms with Gasteiger partial charge in [-0.1, -0.05) is 6.07 Å². The second-order valence-corrected chi connectivity index (χ2v) is 3.33. The predicted octanol–water partition coefficient (Wildman–Crippen LogP) is 1.11. The third-order valence-corrected chi connectivity index (χ3v) is 2.14. The fraction of sp³-hybridized carbons (Fsp3) is 0.125. The quantitative estimate of drug-likeness (QED) is 0.823. The number of primary amides is 1. The van der Waals surface area contributed by atoms with Gasteiger partial charge in [0, 0.05) is 0 Å². The van der Waals surface area contributed by atoms with Gasteiger partial charge in [0.25, 0.3) is 5.91 Å². The molecule has 1 atom stereocenters. The number of carbonyl (C=O) groups excluding carboxylic acids is 1. The van der Waals surface area contributed by atoms with Gasteiger partial charge in [0.15, 0.2) is 6.10 Å². The summed E-state index contributed by atoms with van der Waals surface area (Å²) in [5.74, 6) is -1.32. The molecule has 0 aliphatic rings. The molecule has 0 heterocycles. The first-order valence-corrected chi connectivity index (χ1v) is 4.24. The third kappa shape index (κ3) is 2.26. The maximum Gasteiger partial charge on any atom is 0.250 e. The van der Waals surface area contributed by atoms with Crippen molar-refractivity contribution >= 4 is 21.8 Å². The van der Waals surface area contributed by atoms with Crippen molar-refractivity contribution in [2.45, 2.75) is 6.10 Å². The van der Waals surface area contributed by atoms with Gasteiger partial charge in [0.05, 0.1) is 4.47 Å². The summed E-state index contributed by atoms with van der Waals surface area (Å²) >= 11 is 2.93. The van der Waals surface area contributed by atoms with Gasteiger partial charge in [0.1, 0.15) is 5.82 Å². The lowest BCUT2D eigenvalue weighted by molar-refractivity contribution is -0.126. The zero-order chi connectivity index (χ0) is 10.0. The Kier molecular flexibility index (Phi) is 3.00. The number of hydrogen-bond acceptors (Lipinski definition) is 2. The second kappa shape index (κ2) is 3.85. The van der Waals surface area contributed by atoms with E-state index in [4.69, 9.17) is 5.73 Å². The molecule has 0 aliphatic heterocycles. The van der Waals surface area contributed by atoms with Crippen LogP contribution in [0, 0.1) is 5.82 Å². The minimum Gasteiger partial charge on any atom is -0.378 e. The highest BCUT2D eigenvalue weighted by Crippen LogP contribution is 2.20. The molecule has 0 saturated heterocycles. The minimum atomic E-state index is -1.39. The normalized spacial score (nSPS) is 12.5. The number of benzene rings is 1. The van der Waals surface area contributed by atoms with E-state index in [1.165, 1.54) is 12.1 Å². The van der Waals surface area contributed by atoms with E-state index < -0.39 is 17.8 Å². The van der Waals surface area contributed by atoms with Crippen LogP contribution in [0.4, 0.5) is 4.39 Å². The van der Waals surface area contributed by atoms with Gasteiger partial charge in [-0.3, -0.25) is 4.79 Å². The Balaban J connectivity index is 3.03. The zero-order valence-corrected chi connectivity index (χ0v) is 8.08. The number of rotatable bonds is 2. The van der Waals surface area contributed by atoms with Crippen LogP contribution in [-0.4, -0.2) is 11.0 Å². The van der Waals surface area contributed by atoms with Crippen LogP contribution in [0.3, 0.4) is 0 Å². The topological polar surface area (TPSA) is 63.3 Å². The molecule has 0 aromatic heterocycles. The Labute approximate surface area is 82.5 Å². The van der Waals surface area contributed by atoms with E-state index in [0.717, 1.165) is 6.07 Å². The molecule has 3 nitrogen and oxygen atoms in total. The van der Waals surface area contributed by atoms with Crippen molar-refractivity contribution in [1.82, 2.24) is 0 Å². The van der Waals surface area contributed by atoms with Gasteiger partial charge in [-0.25, -0.2) is 4.39 Å². The standard InChI is InChI=1S/C8H7BrFNO2/c9-5-3-4(1-2-6(5)10)7(12)8(11)13/h1-3,7,12H,(H2,11,13). The summed E-state index contributed by atoms with van der Waals surface area (Å²) in [7, 11) is 0. The summed E-state index contributed by atoms with van der Waals surface area (Å²) < 4.78 is 12.9. The number of aliphatic hydroxyl groups excluding tert-OH is 1. The Morgan fingerprint density at radius 1 is 1.62 bits per heavy atom. The Hall–Kier alpha value is -0.940. The van der Waals surface area contributed by atoms with Gasteiger partial charge < -0.3 is 10.8 Å². The van der Waals surface area contributed by atoms with Gasteiger partial charge in [-0.15, -0.1) is 0 Å². The molecule has 1 unspecified atom stereocenters. The average molecular weight is 248 g/mol. The van der Waals surface area contributed by atoms with E-state index >= 15 is 0 Å². The summed E-state index contributed by atoms with van der Waals surface area (Å²) in [6.07, 6.45) is -1.39. The third-order valence-electron chi connectivity index (χ3n) is 1.53. The molecule has 0 fully saturated rings. The second-order valence-electron chi connectivity index (χ2n) is 2.48. The van der Waals surface area contributed by atoms with Gasteiger partial charge >= 0.3 is 0 Å². The number of aliphatic hydroxyl groups is 1. The molecule has 0 saturated carbocycles. The lowest BCUT2D eigenvalue weighted by atomic mass is 10.1. The Bertz CT molecular complexity index is 343. The van der Waals surface area contributed by atoms with Crippen LogP contribution < -0.4 is 5.73 Å². The molecule has 0 spiro atoms. The molecule has 1 aromatic rings. The molecule has 13 heavy (non-hydrogen) atoms. The predicted molar refractivity (Wildman–Crippen MR) is 48.3 cm³/mol. The fourth-order valence-electron chi connectivity index (χ4n) is 0.847. The highest BCUT2D eigenvalue weighted by Gasteiger charge is 2.14. The van der Waals surface area contributed by atoms with E-state index in [1.54, 1.807) is 0 Å². The van der Waals surface area contributed by atoms with E-state index in [9.17, 15) is 14.3 Å². The van der Waals surface area contributed by atoms with Gasteiger partial charge in [-0.05, 0) is 33.6 Å². The van der Waals surface area contributed by atoms with Crippen molar-refractivity contribution in [3.63, 3.8) is 0 Å². The summed E-state index contributed by atoms with van der Waals surface area (Å²) in [5.41, 5.74) is 5.12. The molecule has 0 bridgehead atoms. The summed E-state index contributed by atoms with van der Waals surface area (Å²) in [6.45, 7) is 0. The fourth-order valence-corrected chi connectivity index (χ4v) is 1.24. The smallest absolute Gasteiger partial charge is 0.250 e. The van der Waals surface area contributed by atoms with Crippen molar-refractivity contribution in [2.75, 3.05) is 0 Å². The lowest BCUT2D eigenvalue weighted by Gasteiger charge is -2.06. The van der Waals surface area contributed by atoms with E-state index in [1.807, 2.05) is 0 Å². The van der Waals surface area contributed by atoms with Crippen LogP contribution in [0.15, 0.2) is 22.7 Å². The largest absolute Gasteiger partial charge is 0.378 e. The zero-order valence-electron chi connectivity index (χ0n) is 6.50. The Morgan fingerprint density at radius 3 is 2.69 bits per heavy atom. The van der Waals surface area contributed by atoms with Crippen LogP contribution >= 0.6 is 15.9 Å². The van der Waals surface area contributed by atoms with Crippen LogP contribution in [0.2, 0.25) is 0 Å². The first kappa shape index (κ1) is 10.1. The van der Waals surface area contributed by atoms with Crippen LogP contribution in [0.5, 0.6) is 0 Å². The number of amides is 1. The van der Waals surface area contributed by atoms with E-state index in [2.05, 4.69) is 15.9 Å². The van der Waals surface area contributed by atoms with Crippen LogP contribution in [-0.2, 0) is 4.79 Å². The van der Waals surface area contributed by atoms with Crippen molar-refractivity contribution < 1.29 is 14.3 Å². The molecule has 0 aliphatic carbocycles.